The fraction of sp³-hybridized carbons (Fsp3) is 0. The van der Waals surface area contributed by atoms with Crippen LogP contribution >= 0.6 is 0 Å². The average Bonchev–Trinajstić information content (AvgIpc) is 1.00. The molecule has 0 heterocycles. The maximum absolute atomic E-state index is 6.00. The molecular formula is H8MoO5. The van der Waals surface area contributed by atoms with E-state index in [1.54, 1.807) is 0 Å². The molecule has 0 aromatic heterocycles. The van der Waals surface area contributed by atoms with Crippen LogP contribution in [0.25, 0.3) is 0 Å². The second-order valence-electron chi connectivity index (χ2n) is 0. The fourth-order valence-corrected chi connectivity index (χ4v) is 0. The first-order valence-electron chi connectivity index (χ1n) is 0.200. The normalized spacial score (nSPS) is 1.00. The van der Waals surface area contributed by atoms with Crippen LogP contribution in [0.1, 0.15) is 0 Å². The summed E-state index contributed by atoms with van der Waals surface area (Å²) in [5.74, 6) is 0. The van der Waals surface area contributed by atoms with Crippen LogP contribution in [0.2, 0.25) is 0 Å². The largest absolute Gasteiger partial charge is 0.412 e. The van der Waals surface area contributed by atoms with Crippen LogP contribution in [0.15, 0.2) is 0 Å². The van der Waals surface area contributed by atoms with E-state index in [1.807, 2.05) is 0 Å². The number of hydrogen-bond acceptors (Lipinski definition) is 2. The summed E-state index contributed by atoms with van der Waals surface area (Å²) < 4.78 is 0. The molecule has 0 bridgehead atoms. The maximum Gasteiger partial charge on any atom is 0 e. The topological polar surface area (TPSA) is 135 Å². The van der Waals surface area contributed by atoms with Crippen molar-refractivity contribution in [1.29, 1.82) is 0 Å². The van der Waals surface area contributed by atoms with Gasteiger partial charge in [0.2, 0.25) is 0 Å². The molecule has 8 N–H and O–H groups in total. The molecule has 0 atom stereocenters. The van der Waals surface area contributed by atoms with Gasteiger partial charge in [0.25, 0.3) is 0 Å². The van der Waals surface area contributed by atoms with Gasteiger partial charge in [-0.1, -0.05) is 0 Å². The second-order valence-corrected chi connectivity index (χ2v) is 0. The van der Waals surface area contributed by atoms with Gasteiger partial charge >= 0.3 is 0 Å². The van der Waals surface area contributed by atoms with Crippen molar-refractivity contribution in [2.45, 2.75) is 0 Å². The van der Waals surface area contributed by atoms with Crippen molar-refractivity contribution in [3.05, 3.63) is 0 Å². The summed E-state index contributed by atoms with van der Waals surface area (Å²) in [6.45, 7) is 0. The van der Waals surface area contributed by atoms with Crippen LogP contribution in [0, 0.1) is 0 Å². The Morgan fingerprint density at radius 2 is 0.667 bits per heavy atom. The average molecular weight is 184 g/mol. The smallest absolute Gasteiger partial charge is 0 e. The standard InChI is InChI=1S/Mo.H2O2.3H2O/c;1-2;;;/h;1-2H;3*1H2. The summed E-state index contributed by atoms with van der Waals surface area (Å²) >= 11 is 0. The zero-order chi connectivity index (χ0) is 2.00. The molecule has 0 unspecified atom stereocenters. The van der Waals surface area contributed by atoms with Gasteiger partial charge in [-0.05, 0) is 0 Å². The Hall–Kier alpha value is 0.488. The van der Waals surface area contributed by atoms with Gasteiger partial charge in [0.1, 0.15) is 0 Å². The first-order chi connectivity index (χ1) is 1.00. The molecule has 0 aliphatic rings. The van der Waals surface area contributed by atoms with Gasteiger partial charge in [0.05, 0.1) is 0 Å². The Kier molecular flexibility index (Phi) is 6820. The van der Waals surface area contributed by atoms with Crippen LogP contribution in [-0.2, 0) is 21.1 Å². The summed E-state index contributed by atoms with van der Waals surface area (Å²) in [5.41, 5.74) is 0. The molecule has 0 aliphatic heterocycles. The van der Waals surface area contributed by atoms with Crippen molar-refractivity contribution in [2.75, 3.05) is 0 Å². The Bertz CT molecular complexity index is 3.90. The zero-order valence-electron chi connectivity index (χ0n) is 2.80. The minimum Gasteiger partial charge on any atom is -0.412 e. The molecule has 0 aromatic rings. The SMILES string of the molecule is O.O.O.OO.[Mo]. The molecule has 0 saturated heterocycles. The first kappa shape index (κ1) is 88.2. The summed E-state index contributed by atoms with van der Waals surface area (Å²) in [7, 11) is 0. The van der Waals surface area contributed by atoms with E-state index in [0.29, 0.717) is 0 Å². The molecule has 0 rings (SSSR count). The molecule has 0 saturated carbocycles. The predicted octanol–water partition coefficient (Wildman–Crippen LogP) is -2.46. The fourth-order valence-electron chi connectivity index (χ4n) is 0. The van der Waals surface area contributed by atoms with Crippen molar-refractivity contribution in [2.24, 2.45) is 0 Å². The Morgan fingerprint density at radius 3 is 0.667 bits per heavy atom. The van der Waals surface area contributed by atoms with Crippen molar-refractivity contribution >= 4 is 0 Å². The van der Waals surface area contributed by atoms with Crippen LogP contribution in [0.3, 0.4) is 0 Å². The Labute approximate surface area is 48.7 Å². The van der Waals surface area contributed by atoms with Gasteiger partial charge in [-0.2, -0.15) is 0 Å². The van der Waals surface area contributed by atoms with E-state index in [9.17, 15) is 0 Å². The summed E-state index contributed by atoms with van der Waals surface area (Å²) in [6.07, 6.45) is 0. The monoisotopic (exact) mass is 186 g/mol. The number of rotatable bonds is 0. The van der Waals surface area contributed by atoms with E-state index < -0.39 is 0 Å². The summed E-state index contributed by atoms with van der Waals surface area (Å²) in [4.78, 5) is 0. The molecule has 6 heteroatoms. The minimum absolute atomic E-state index is 0. The van der Waals surface area contributed by atoms with Crippen molar-refractivity contribution in [1.82, 2.24) is 0 Å². The molecule has 0 amide bonds. The summed E-state index contributed by atoms with van der Waals surface area (Å²) in [5, 5.41) is 12.0. The van der Waals surface area contributed by atoms with Crippen LogP contribution in [0.5, 0.6) is 0 Å². The van der Waals surface area contributed by atoms with E-state index in [-0.39, 0.29) is 37.5 Å². The molecule has 5 nitrogen and oxygen atoms in total. The van der Waals surface area contributed by atoms with Gasteiger partial charge in [-0.25, -0.2) is 0 Å². The third kappa shape index (κ3) is 229. The van der Waals surface area contributed by atoms with Gasteiger partial charge in [-0.3, -0.25) is 10.5 Å². The van der Waals surface area contributed by atoms with Crippen LogP contribution < -0.4 is 0 Å². The van der Waals surface area contributed by atoms with E-state index >= 15 is 0 Å². The third-order valence-corrected chi connectivity index (χ3v) is 0. The van der Waals surface area contributed by atoms with E-state index in [4.69, 9.17) is 10.5 Å². The Morgan fingerprint density at radius 1 is 0.667 bits per heavy atom. The van der Waals surface area contributed by atoms with E-state index in [2.05, 4.69) is 0 Å². The quantitative estimate of drug-likeness (QED) is 0.245. The molecular weight excluding hydrogens is 176 g/mol. The third-order valence-electron chi connectivity index (χ3n) is 0. The zero-order valence-corrected chi connectivity index (χ0v) is 4.81. The van der Waals surface area contributed by atoms with Gasteiger partial charge in [-0.15, -0.1) is 0 Å². The van der Waals surface area contributed by atoms with Crippen LogP contribution in [0.4, 0.5) is 0 Å². The maximum atomic E-state index is 6.00. The van der Waals surface area contributed by atoms with Gasteiger partial charge in [0.15, 0.2) is 0 Å². The van der Waals surface area contributed by atoms with Crippen molar-refractivity contribution in [3.8, 4) is 0 Å². The number of hydrogen-bond donors (Lipinski definition) is 2. The van der Waals surface area contributed by atoms with Gasteiger partial charge < -0.3 is 16.4 Å². The van der Waals surface area contributed by atoms with Crippen molar-refractivity contribution in [3.63, 3.8) is 0 Å². The first-order valence-corrected chi connectivity index (χ1v) is 0.200. The molecule has 0 aromatic carbocycles. The molecule has 6 heavy (non-hydrogen) atoms. The molecule has 0 spiro atoms. The molecule has 0 fully saturated rings. The van der Waals surface area contributed by atoms with Crippen LogP contribution in [-0.4, -0.2) is 26.9 Å². The summed E-state index contributed by atoms with van der Waals surface area (Å²) in [6, 6.07) is 0. The molecule has 0 radical (unpaired) electrons. The minimum atomic E-state index is 0. The van der Waals surface area contributed by atoms with Gasteiger partial charge in [0, 0.05) is 21.1 Å². The second kappa shape index (κ2) is 464. The molecule has 44 valence electrons. The predicted molar refractivity (Wildman–Crippen MR) is 16.1 cm³/mol. The molecule has 0 aliphatic carbocycles. The van der Waals surface area contributed by atoms with E-state index in [1.165, 1.54) is 0 Å². The Balaban J connectivity index is -0.000000000833. The van der Waals surface area contributed by atoms with E-state index in [0.717, 1.165) is 0 Å². The van der Waals surface area contributed by atoms with Crippen molar-refractivity contribution < 1.29 is 48.0 Å².